The first-order valence-corrected chi connectivity index (χ1v) is 9.61. The third kappa shape index (κ3) is 2.76. The molecule has 3 aliphatic rings. The minimum absolute atomic E-state index is 0.00430. The zero-order valence-corrected chi connectivity index (χ0v) is 15.3. The van der Waals surface area contributed by atoms with Gasteiger partial charge in [0.05, 0.1) is 12.4 Å². The summed E-state index contributed by atoms with van der Waals surface area (Å²) >= 11 is 0. The molecule has 8 nitrogen and oxygen atoms in total. The summed E-state index contributed by atoms with van der Waals surface area (Å²) in [6.45, 7) is 5.98. The molecule has 0 amide bonds. The van der Waals surface area contributed by atoms with Crippen molar-refractivity contribution >= 4 is 17.0 Å². The molecule has 5 heterocycles. The molecule has 0 aromatic carbocycles. The van der Waals surface area contributed by atoms with Gasteiger partial charge in [0.25, 0.3) is 0 Å². The van der Waals surface area contributed by atoms with Crippen LogP contribution in [-0.4, -0.2) is 75.2 Å². The number of piperidine rings is 1. The molecule has 2 aromatic heterocycles. The van der Waals surface area contributed by atoms with Crippen LogP contribution in [0.5, 0.6) is 0 Å². The van der Waals surface area contributed by atoms with Gasteiger partial charge in [-0.3, -0.25) is 9.47 Å². The topological polar surface area (TPSA) is 85.3 Å². The van der Waals surface area contributed by atoms with Crippen LogP contribution in [0.15, 0.2) is 12.7 Å². The summed E-state index contributed by atoms with van der Waals surface area (Å²) in [7, 11) is 2.25. The number of imidazole rings is 1. The maximum absolute atomic E-state index is 6.33. The Kier molecular flexibility index (Phi) is 3.88. The summed E-state index contributed by atoms with van der Waals surface area (Å²) in [6.07, 6.45) is 8.33. The Morgan fingerprint density at radius 1 is 1.23 bits per heavy atom. The first-order valence-electron chi connectivity index (χ1n) is 9.61. The zero-order chi connectivity index (χ0) is 17.7. The molecule has 26 heavy (non-hydrogen) atoms. The number of hydrogen-bond acceptors (Lipinski definition) is 7. The van der Waals surface area contributed by atoms with E-state index in [9.17, 15) is 0 Å². The molecule has 0 aliphatic carbocycles. The van der Waals surface area contributed by atoms with E-state index in [1.54, 1.807) is 6.33 Å². The first-order chi connectivity index (χ1) is 12.6. The normalized spacial score (nSPS) is 29.4. The van der Waals surface area contributed by atoms with E-state index in [4.69, 9.17) is 10.5 Å². The van der Waals surface area contributed by atoms with Crippen LogP contribution in [0, 0.1) is 5.41 Å². The van der Waals surface area contributed by atoms with E-state index in [0.717, 1.165) is 25.0 Å². The number of nitrogens with zero attached hydrogens (tertiary/aromatic N) is 6. The number of rotatable bonds is 3. The molecule has 2 N–H and O–H groups in total. The summed E-state index contributed by atoms with van der Waals surface area (Å²) in [5.41, 5.74) is 7.85. The molecule has 8 heteroatoms. The number of anilines is 1. The summed E-state index contributed by atoms with van der Waals surface area (Å²) < 4.78 is 8.33. The third-order valence-electron chi connectivity index (χ3n) is 6.21. The van der Waals surface area contributed by atoms with E-state index in [1.165, 1.54) is 45.3 Å². The number of likely N-dealkylation sites (tertiary alicyclic amines) is 2. The van der Waals surface area contributed by atoms with Gasteiger partial charge in [0.1, 0.15) is 18.1 Å². The molecule has 140 valence electrons. The van der Waals surface area contributed by atoms with Crippen LogP contribution in [0.2, 0.25) is 0 Å². The predicted molar refractivity (Wildman–Crippen MR) is 98.5 cm³/mol. The summed E-state index contributed by atoms with van der Waals surface area (Å²) in [5.74, 6) is 0.423. The van der Waals surface area contributed by atoms with Crippen molar-refractivity contribution in [3.8, 4) is 0 Å². The van der Waals surface area contributed by atoms with E-state index in [0.29, 0.717) is 16.7 Å². The van der Waals surface area contributed by atoms with Crippen molar-refractivity contribution in [3.05, 3.63) is 12.7 Å². The standard InChI is InChI=1S/C18H27N7O/c1-23-6-2-5-18(8-23)9-24(10-18)7-13-3-4-14(26-13)25-12-22-15-16(19)20-11-21-17(15)25/h11-14H,2-10H2,1H3,(H2,19,20,21). The molecule has 2 atom stereocenters. The maximum atomic E-state index is 6.33. The van der Waals surface area contributed by atoms with Gasteiger partial charge in [0.2, 0.25) is 0 Å². The molecule has 2 unspecified atom stereocenters. The number of nitrogens with two attached hydrogens (primary N) is 1. The molecule has 2 aromatic rings. The summed E-state index contributed by atoms with van der Waals surface area (Å²) in [5, 5.41) is 0. The van der Waals surface area contributed by atoms with E-state index in [1.807, 2.05) is 4.57 Å². The lowest BCUT2D eigenvalue weighted by Gasteiger charge is -2.54. The zero-order valence-electron chi connectivity index (χ0n) is 15.3. The van der Waals surface area contributed by atoms with Crippen molar-refractivity contribution < 1.29 is 4.74 Å². The Labute approximate surface area is 153 Å². The lowest BCUT2D eigenvalue weighted by molar-refractivity contribution is -0.0812. The molecule has 3 fully saturated rings. The van der Waals surface area contributed by atoms with Crippen molar-refractivity contribution in [2.45, 2.75) is 38.0 Å². The Morgan fingerprint density at radius 2 is 2.12 bits per heavy atom. The Hall–Kier alpha value is -1.77. The highest BCUT2D eigenvalue weighted by Gasteiger charge is 2.45. The molecular weight excluding hydrogens is 330 g/mol. The molecule has 0 bridgehead atoms. The van der Waals surface area contributed by atoms with Crippen molar-refractivity contribution in [3.63, 3.8) is 0 Å². The van der Waals surface area contributed by atoms with Crippen molar-refractivity contribution in [2.75, 3.05) is 45.5 Å². The Morgan fingerprint density at radius 3 is 2.96 bits per heavy atom. The fourth-order valence-electron chi connectivity index (χ4n) is 5.14. The monoisotopic (exact) mass is 357 g/mol. The van der Waals surface area contributed by atoms with Crippen LogP contribution >= 0.6 is 0 Å². The Balaban J connectivity index is 1.20. The van der Waals surface area contributed by atoms with E-state index in [2.05, 4.69) is 31.8 Å². The fourth-order valence-corrected chi connectivity index (χ4v) is 5.14. The number of ether oxygens (including phenoxy) is 1. The SMILES string of the molecule is CN1CCCC2(C1)CN(CC1CCC(n3cnc4c(N)ncnc43)O1)C2. The molecule has 1 spiro atoms. The highest BCUT2D eigenvalue weighted by atomic mass is 16.5. The van der Waals surface area contributed by atoms with Gasteiger partial charge >= 0.3 is 0 Å². The molecule has 5 rings (SSSR count). The first kappa shape index (κ1) is 16.4. The number of hydrogen-bond donors (Lipinski definition) is 1. The van der Waals surface area contributed by atoms with Crippen molar-refractivity contribution in [1.82, 2.24) is 29.3 Å². The second kappa shape index (κ2) is 6.14. The van der Waals surface area contributed by atoms with Crippen molar-refractivity contribution in [2.24, 2.45) is 5.41 Å². The average molecular weight is 357 g/mol. The molecule has 3 saturated heterocycles. The van der Waals surface area contributed by atoms with Gasteiger partial charge < -0.3 is 15.4 Å². The molecule has 3 aliphatic heterocycles. The minimum Gasteiger partial charge on any atom is -0.382 e. The number of aromatic nitrogens is 4. The highest BCUT2D eigenvalue weighted by molar-refractivity contribution is 5.81. The van der Waals surface area contributed by atoms with Gasteiger partial charge in [-0.15, -0.1) is 0 Å². The van der Waals surface area contributed by atoms with Crippen LogP contribution < -0.4 is 5.73 Å². The predicted octanol–water partition coefficient (Wildman–Crippen LogP) is 1.11. The van der Waals surface area contributed by atoms with Gasteiger partial charge in [-0.05, 0) is 39.3 Å². The van der Waals surface area contributed by atoms with Crippen LogP contribution in [0.1, 0.15) is 31.9 Å². The number of nitrogen functional groups attached to an aromatic ring is 1. The summed E-state index contributed by atoms with van der Waals surface area (Å²) in [4.78, 5) is 17.8. The van der Waals surface area contributed by atoms with Gasteiger partial charge in [0, 0.05) is 31.6 Å². The van der Waals surface area contributed by atoms with Crippen LogP contribution in [0.4, 0.5) is 5.82 Å². The van der Waals surface area contributed by atoms with E-state index in [-0.39, 0.29) is 12.3 Å². The van der Waals surface area contributed by atoms with Gasteiger partial charge in [-0.2, -0.15) is 0 Å². The fraction of sp³-hybridized carbons (Fsp3) is 0.722. The number of fused-ring (bicyclic) bond motifs is 1. The second-order valence-corrected chi connectivity index (χ2v) is 8.38. The van der Waals surface area contributed by atoms with Gasteiger partial charge in [-0.25, -0.2) is 15.0 Å². The summed E-state index contributed by atoms with van der Waals surface area (Å²) in [6, 6.07) is 0. The van der Waals surface area contributed by atoms with E-state index >= 15 is 0 Å². The average Bonchev–Trinajstić information content (AvgIpc) is 3.21. The molecule has 0 saturated carbocycles. The minimum atomic E-state index is -0.00430. The van der Waals surface area contributed by atoms with Gasteiger partial charge in [-0.1, -0.05) is 0 Å². The maximum Gasteiger partial charge on any atom is 0.167 e. The quantitative estimate of drug-likeness (QED) is 0.881. The Bertz CT molecular complexity index is 800. The molecule has 0 radical (unpaired) electrons. The third-order valence-corrected chi connectivity index (χ3v) is 6.21. The lowest BCUT2D eigenvalue weighted by Crippen LogP contribution is -2.63. The van der Waals surface area contributed by atoms with Crippen molar-refractivity contribution in [1.29, 1.82) is 0 Å². The lowest BCUT2D eigenvalue weighted by atomic mass is 9.73. The molecular formula is C18H27N7O. The second-order valence-electron chi connectivity index (χ2n) is 8.38. The largest absolute Gasteiger partial charge is 0.382 e. The van der Waals surface area contributed by atoms with E-state index < -0.39 is 0 Å². The van der Waals surface area contributed by atoms with Crippen LogP contribution in [0.3, 0.4) is 0 Å². The smallest absolute Gasteiger partial charge is 0.167 e. The van der Waals surface area contributed by atoms with Gasteiger partial charge in [0.15, 0.2) is 11.5 Å². The van der Waals surface area contributed by atoms with Crippen LogP contribution in [-0.2, 0) is 4.74 Å². The highest BCUT2D eigenvalue weighted by Crippen LogP contribution is 2.40. The van der Waals surface area contributed by atoms with Crippen LogP contribution in [0.25, 0.3) is 11.2 Å².